The number of thioether (sulfide) groups is 1. The Morgan fingerprint density at radius 2 is 1.85 bits per heavy atom. The molecular weight excluding hydrogens is 354 g/mol. The van der Waals surface area contributed by atoms with Gasteiger partial charge in [-0.3, -0.25) is 4.79 Å². The second-order valence-corrected chi connectivity index (χ2v) is 8.78. The molecule has 4 heteroatoms. The average Bonchev–Trinajstić information content (AvgIpc) is 2.69. The molecule has 0 unspecified atom stereocenters. The SMILES string of the molecule is CCC1(CC)C[C@@H](NC(=O)[C@@H](C)Sc2ccc(C)cc2)c2ccccc2O1. The molecule has 1 heterocycles. The predicted octanol–water partition coefficient (Wildman–Crippen LogP) is 5.67. The minimum Gasteiger partial charge on any atom is -0.487 e. The number of hydrogen-bond acceptors (Lipinski definition) is 3. The first-order valence-electron chi connectivity index (χ1n) is 9.78. The third kappa shape index (κ3) is 4.49. The molecule has 144 valence electrons. The number of ether oxygens (including phenoxy) is 1. The molecule has 0 aromatic heterocycles. The van der Waals surface area contributed by atoms with Gasteiger partial charge >= 0.3 is 0 Å². The van der Waals surface area contributed by atoms with Gasteiger partial charge in [0, 0.05) is 16.9 Å². The Labute approximate surface area is 166 Å². The van der Waals surface area contributed by atoms with Crippen molar-refractivity contribution in [3.05, 3.63) is 59.7 Å². The molecule has 3 rings (SSSR count). The van der Waals surface area contributed by atoms with Crippen molar-refractivity contribution in [1.29, 1.82) is 0 Å². The van der Waals surface area contributed by atoms with Crippen molar-refractivity contribution >= 4 is 17.7 Å². The first-order chi connectivity index (χ1) is 13.0. The summed E-state index contributed by atoms with van der Waals surface area (Å²) in [7, 11) is 0. The maximum atomic E-state index is 12.9. The number of carbonyl (C=O) groups is 1. The highest BCUT2D eigenvalue weighted by Gasteiger charge is 2.39. The standard InChI is InChI=1S/C23H29NO2S/c1-5-23(6-2)15-20(19-9-7-8-10-21(19)26-23)24-22(25)17(4)27-18-13-11-16(3)12-14-18/h7-14,17,20H,5-6,15H2,1-4H3,(H,24,25)/t17-,20-/m1/s1. The summed E-state index contributed by atoms with van der Waals surface area (Å²) in [5.74, 6) is 0.972. The summed E-state index contributed by atoms with van der Waals surface area (Å²) in [4.78, 5) is 14.0. The molecule has 1 aliphatic heterocycles. The van der Waals surface area contributed by atoms with Gasteiger partial charge < -0.3 is 10.1 Å². The van der Waals surface area contributed by atoms with Crippen LogP contribution in [-0.4, -0.2) is 16.8 Å². The Morgan fingerprint density at radius 1 is 1.19 bits per heavy atom. The lowest BCUT2D eigenvalue weighted by atomic mass is 9.83. The van der Waals surface area contributed by atoms with Gasteiger partial charge in [-0.2, -0.15) is 0 Å². The molecule has 2 aromatic carbocycles. The second-order valence-electron chi connectivity index (χ2n) is 7.37. The van der Waals surface area contributed by atoms with E-state index >= 15 is 0 Å². The van der Waals surface area contributed by atoms with Crippen molar-refractivity contribution in [3.8, 4) is 5.75 Å². The highest BCUT2D eigenvalue weighted by Crippen LogP contribution is 2.42. The van der Waals surface area contributed by atoms with Crippen molar-refractivity contribution in [3.63, 3.8) is 0 Å². The minimum absolute atomic E-state index is 0.0107. The van der Waals surface area contributed by atoms with Crippen LogP contribution in [0.4, 0.5) is 0 Å². The topological polar surface area (TPSA) is 38.3 Å². The Balaban J connectivity index is 1.74. The van der Waals surface area contributed by atoms with Gasteiger partial charge in [-0.15, -0.1) is 11.8 Å². The van der Waals surface area contributed by atoms with E-state index in [0.29, 0.717) is 0 Å². The largest absolute Gasteiger partial charge is 0.487 e. The van der Waals surface area contributed by atoms with Gasteiger partial charge in [0.2, 0.25) is 5.91 Å². The summed E-state index contributed by atoms with van der Waals surface area (Å²) < 4.78 is 6.34. The zero-order valence-corrected chi connectivity index (χ0v) is 17.4. The van der Waals surface area contributed by atoms with Gasteiger partial charge in [0.1, 0.15) is 11.4 Å². The van der Waals surface area contributed by atoms with Crippen LogP contribution >= 0.6 is 11.8 Å². The molecule has 1 N–H and O–H groups in total. The van der Waals surface area contributed by atoms with Crippen molar-refractivity contribution in [2.75, 3.05) is 0 Å². The smallest absolute Gasteiger partial charge is 0.233 e. The molecule has 0 saturated carbocycles. The number of para-hydroxylation sites is 1. The molecule has 2 aromatic rings. The molecule has 0 radical (unpaired) electrons. The van der Waals surface area contributed by atoms with Gasteiger partial charge in [0.05, 0.1) is 11.3 Å². The zero-order valence-electron chi connectivity index (χ0n) is 16.6. The molecule has 0 aliphatic carbocycles. The number of nitrogens with one attached hydrogen (secondary N) is 1. The van der Waals surface area contributed by atoms with Crippen LogP contribution in [-0.2, 0) is 4.79 Å². The number of fused-ring (bicyclic) bond motifs is 1. The van der Waals surface area contributed by atoms with Crippen molar-refractivity contribution < 1.29 is 9.53 Å². The van der Waals surface area contributed by atoms with Gasteiger partial charge in [-0.05, 0) is 44.9 Å². The van der Waals surface area contributed by atoms with Crippen LogP contribution in [0.2, 0.25) is 0 Å². The monoisotopic (exact) mass is 383 g/mol. The van der Waals surface area contributed by atoms with Crippen LogP contribution in [0.3, 0.4) is 0 Å². The van der Waals surface area contributed by atoms with Crippen LogP contribution in [0.25, 0.3) is 0 Å². The lowest BCUT2D eigenvalue weighted by Gasteiger charge is -2.42. The summed E-state index contributed by atoms with van der Waals surface area (Å²) in [5, 5.41) is 3.14. The molecule has 0 spiro atoms. The molecule has 3 nitrogen and oxygen atoms in total. The Bertz CT molecular complexity index is 783. The lowest BCUT2D eigenvalue weighted by Crippen LogP contribution is -2.45. The molecule has 2 atom stereocenters. The minimum atomic E-state index is -0.209. The number of benzene rings is 2. The fraction of sp³-hybridized carbons (Fsp3) is 0.435. The van der Waals surface area contributed by atoms with E-state index in [9.17, 15) is 4.79 Å². The molecule has 1 aliphatic rings. The second kappa shape index (κ2) is 8.39. The van der Waals surface area contributed by atoms with E-state index < -0.39 is 0 Å². The normalized spacial score (nSPS) is 18.9. The summed E-state index contributed by atoms with van der Waals surface area (Å²) in [6.07, 6.45) is 2.67. The lowest BCUT2D eigenvalue weighted by molar-refractivity contribution is -0.121. The van der Waals surface area contributed by atoms with Gasteiger partial charge in [0.25, 0.3) is 0 Å². The number of aryl methyl sites for hydroxylation is 1. The summed E-state index contributed by atoms with van der Waals surface area (Å²) in [6.45, 7) is 8.36. The Kier molecular flexibility index (Phi) is 6.15. The summed E-state index contributed by atoms with van der Waals surface area (Å²) in [6, 6.07) is 16.4. The van der Waals surface area contributed by atoms with E-state index in [1.807, 2.05) is 25.1 Å². The third-order valence-corrected chi connectivity index (χ3v) is 6.62. The van der Waals surface area contributed by atoms with Crippen LogP contribution in [0.5, 0.6) is 5.75 Å². The van der Waals surface area contributed by atoms with Gasteiger partial charge in [0.15, 0.2) is 0 Å². The predicted molar refractivity (Wildman–Crippen MR) is 112 cm³/mol. The van der Waals surface area contributed by atoms with E-state index in [0.717, 1.165) is 35.5 Å². The van der Waals surface area contributed by atoms with Gasteiger partial charge in [-0.25, -0.2) is 0 Å². The summed E-state index contributed by atoms with van der Waals surface area (Å²) >= 11 is 1.60. The van der Waals surface area contributed by atoms with E-state index in [2.05, 4.69) is 56.4 Å². The number of amides is 1. The maximum absolute atomic E-state index is 12.9. The van der Waals surface area contributed by atoms with Crippen LogP contribution in [0, 0.1) is 6.92 Å². The first kappa shape index (κ1) is 19.8. The van der Waals surface area contributed by atoms with Crippen molar-refractivity contribution in [2.24, 2.45) is 0 Å². The fourth-order valence-corrected chi connectivity index (χ4v) is 4.47. The van der Waals surface area contributed by atoms with E-state index in [1.54, 1.807) is 11.8 Å². The molecule has 0 fully saturated rings. The number of carbonyl (C=O) groups excluding carboxylic acids is 1. The van der Waals surface area contributed by atoms with E-state index in [1.165, 1.54) is 5.56 Å². The van der Waals surface area contributed by atoms with Crippen LogP contribution in [0.15, 0.2) is 53.4 Å². The maximum Gasteiger partial charge on any atom is 0.233 e. The zero-order chi connectivity index (χ0) is 19.4. The first-order valence-corrected chi connectivity index (χ1v) is 10.7. The number of hydrogen-bond donors (Lipinski definition) is 1. The third-order valence-electron chi connectivity index (χ3n) is 5.51. The highest BCUT2D eigenvalue weighted by molar-refractivity contribution is 8.00. The molecule has 27 heavy (non-hydrogen) atoms. The molecule has 1 amide bonds. The molecule has 0 bridgehead atoms. The van der Waals surface area contributed by atoms with Crippen molar-refractivity contribution in [2.45, 2.75) is 68.7 Å². The van der Waals surface area contributed by atoms with Crippen molar-refractivity contribution in [1.82, 2.24) is 5.32 Å². The van der Waals surface area contributed by atoms with Crippen LogP contribution in [0.1, 0.15) is 57.2 Å². The average molecular weight is 384 g/mol. The molecular formula is C23H29NO2S. The van der Waals surface area contributed by atoms with E-state index in [4.69, 9.17) is 4.74 Å². The van der Waals surface area contributed by atoms with Gasteiger partial charge in [-0.1, -0.05) is 49.7 Å². The molecule has 0 saturated heterocycles. The Hall–Kier alpha value is -1.94. The fourth-order valence-electron chi connectivity index (χ4n) is 3.59. The summed E-state index contributed by atoms with van der Waals surface area (Å²) in [5.41, 5.74) is 2.10. The quantitative estimate of drug-likeness (QED) is 0.653. The van der Waals surface area contributed by atoms with E-state index in [-0.39, 0.29) is 22.8 Å². The highest BCUT2D eigenvalue weighted by atomic mass is 32.2. The Morgan fingerprint density at radius 3 is 2.52 bits per heavy atom. The van der Waals surface area contributed by atoms with Crippen LogP contribution < -0.4 is 10.1 Å². The number of rotatable bonds is 6.